The fourth-order valence-corrected chi connectivity index (χ4v) is 2.82. The summed E-state index contributed by atoms with van der Waals surface area (Å²) in [4.78, 5) is 26.1. The molecule has 6 heteroatoms. The summed E-state index contributed by atoms with van der Waals surface area (Å²) in [5.41, 5.74) is 3.06. The van der Waals surface area contributed by atoms with Gasteiger partial charge in [-0.3, -0.25) is 9.59 Å². The van der Waals surface area contributed by atoms with E-state index >= 15 is 0 Å². The smallest absolute Gasteiger partial charge is 0.281 e. The van der Waals surface area contributed by atoms with Crippen LogP contribution in [0.3, 0.4) is 0 Å². The van der Waals surface area contributed by atoms with Gasteiger partial charge in [0.25, 0.3) is 11.8 Å². The van der Waals surface area contributed by atoms with E-state index in [1.807, 2.05) is 19.9 Å². The zero-order valence-electron chi connectivity index (χ0n) is 13.1. The van der Waals surface area contributed by atoms with Crippen molar-refractivity contribution in [3.8, 4) is 0 Å². The monoisotopic (exact) mass is 360 g/mol. The molecule has 0 aliphatic carbocycles. The quantitative estimate of drug-likeness (QED) is 0.820. The average Bonchev–Trinajstić information content (AvgIpc) is 2.80. The molecule has 0 fully saturated rings. The van der Waals surface area contributed by atoms with E-state index in [0.717, 1.165) is 16.0 Å². The third-order valence-corrected chi connectivity index (χ3v) is 4.27. The topological polar surface area (TPSA) is 49.4 Å². The van der Waals surface area contributed by atoms with Crippen molar-refractivity contribution >= 4 is 46.4 Å². The van der Waals surface area contributed by atoms with Crippen LogP contribution in [-0.2, 0) is 9.59 Å². The van der Waals surface area contributed by atoms with Crippen LogP contribution in [0.1, 0.15) is 11.1 Å². The Balaban J connectivity index is 1.92. The van der Waals surface area contributed by atoms with Gasteiger partial charge in [-0.2, -0.15) is 0 Å². The normalized spacial score (nSPS) is 14.2. The molecule has 24 heavy (non-hydrogen) atoms. The molecule has 0 saturated heterocycles. The summed E-state index contributed by atoms with van der Waals surface area (Å²) in [5, 5.41) is 4.00. The van der Waals surface area contributed by atoms with Crippen molar-refractivity contribution in [2.24, 2.45) is 0 Å². The molecule has 3 rings (SSSR count). The summed E-state index contributed by atoms with van der Waals surface area (Å²) in [7, 11) is 0. The summed E-state index contributed by atoms with van der Waals surface area (Å²) in [6.45, 7) is 3.71. The Morgan fingerprint density at radius 3 is 2.25 bits per heavy atom. The Bertz CT molecular complexity index is 891. The van der Waals surface area contributed by atoms with Crippen LogP contribution in [0.2, 0.25) is 10.0 Å². The Kier molecular flexibility index (Phi) is 4.35. The first-order chi connectivity index (χ1) is 11.4. The second kappa shape index (κ2) is 6.30. The van der Waals surface area contributed by atoms with Gasteiger partial charge in [0, 0.05) is 21.8 Å². The number of carbonyl (C=O) groups excluding carboxylic acids is 2. The van der Waals surface area contributed by atoms with E-state index in [2.05, 4.69) is 5.32 Å². The van der Waals surface area contributed by atoms with Crippen molar-refractivity contribution in [2.75, 3.05) is 10.2 Å². The number of nitrogens with zero attached hydrogens (tertiary/aromatic N) is 1. The molecule has 1 heterocycles. The van der Waals surface area contributed by atoms with E-state index in [9.17, 15) is 9.59 Å². The van der Waals surface area contributed by atoms with E-state index < -0.39 is 11.8 Å². The molecule has 0 unspecified atom stereocenters. The molecule has 1 N–H and O–H groups in total. The Hall–Kier alpha value is -2.30. The van der Waals surface area contributed by atoms with E-state index in [4.69, 9.17) is 23.2 Å². The lowest BCUT2D eigenvalue weighted by Crippen LogP contribution is -2.32. The fourth-order valence-electron chi connectivity index (χ4n) is 2.49. The van der Waals surface area contributed by atoms with Crippen molar-refractivity contribution in [1.29, 1.82) is 0 Å². The van der Waals surface area contributed by atoms with Crippen LogP contribution >= 0.6 is 23.2 Å². The summed E-state index contributed by atoms with van der Waals surface area (Å²) in [6.07, 6.45) is 1.28. The minimum Gasteiger partial charge on any atom is -0.351 e. The number of hydrogen-bond acceptors (Lipinski definition) is 3. The maximum Gasteiger partial charge on any atom is 0.281 e. The molecular formula is C18H14Cl2N2O2. The largest absolute Gasteiger partial charge is 0.351 e. The zero-order chi connectivity index (χ0) is 17.4. The summed E-state index contributed by atoms with van der Waals surface area (Å²) in [5.74, 6) is -0.836. The molecule has 0 bridgehead atoms. The Morgan fingerprint density at radius 2 is 1.54 bits per heavy atom. The average molecular weight is 361 g/mol. The van der Waals surface area contributed by atoms with Gasteiger partial charge < -0.3 is 5.32 Å². The molecule has 0 atom stereocenters. The summed E-state index contributed by atoms with van der Waals surface area (Å²) in [6, 6.07) is 10.4. The molecule has 0 spiro atoms. The Morgan fingerprint density at radius 1 is 0.917 bits per heavy atom. The van der Waals surface area contributed by atoms with Crippen LogP contribution in [-0.4, -0.2) is 11.8 Å². The lowest BCUT2D eigenvalue weighted by Gasteiger charge is -2.18. The molecule has 0 saturated carbocycles. The maximum atomic E-state index is 12.7. The van der Waals surface area contributed by atoms with Gasteiger partial charge in [-0.1, -0.05) is 35.3 Å². The van der Waals surface area contributed by atoms with Crippen LogP contribution in [0, 0.1) is 13.8 Å². The molecule has 122 valence electrons. The number of amides is 2. The van der Waals surface area contributed by atoms with Gasteiger partial charge in [-0.15, -0.1) is 0 Å². The van der Waals surface area contributed by atoms with E-state index in [1.54, 1.807) is 30.3 Å². The zero-order valence-corrected chi connectivity index (χ0v) is 14.6. The minimum absolute atomic E-state index is 0.199. The minimum atomic E-state index is -0.426. The molecule has 1 aliphatic rings. The lowest BCUT2D eigenvalue weighted by molar-refractivity contribution is -0.120. The number of nitrogens with one attached hydrogen (secondary N) is 1. The SMILES string of the molecule is Cc1ccc(Cl)cc1NC1=CC(=O)N(c2cc(Cl)ccc2C)C1=O. The highest BCUT2D eigenvalue weighted by molar-refractivity contribution is 6.34. The summed E-state index contributed by atoms with van der Waals surface area (Å²) >= 11 is 12.0. The number of halogens is 2. The molecule has 1 aliphatic heterocycles. The first kappa shape index (κ1) is 16.6. The molecule has 0 radical (unpaired) electrons. The predicted molar refractivity (Wildman–Crippen MR) is 96.6 cm³/mol. The number of rotatable bonds is 3. The first-order valence-corrected chi connectivity index (χ1v) is 8.02. The Labute approximate surface area is 149 Å². The van der Waals surface area contributed by atoms with Crippen LogP contribution in [0.5, 0.6) is 0 Å². The van der Waals surface area contributed by atoms with E-state index in [0.29, 0.717) is 21.4 Å². The molecule has 2 aromatic rings. The van der Waals surface area contributed by atoms with Gasteiger partial charge in [0.15, 0.2) is 0 Å². The highest BCUT2D eigenvalue weighted by Crippen LogP contribution is 2.30. The van der Waals surface area contributed by atoms with Crippen LogP contribution in [0.15, 0.2) is 48.2 Å². The second-order valence-corrected chi connectivity index (χ2v) is 6.42. The van der Waals surface area contributed by atoms with Crippen molar-refractivity contribution in [1.82, 2.24) is 0 Å². The number of anilines is 2. The number of hydrogen-bond donors (Lipinski definition) is 1. The standard InChI is InChI=1S/C18H14Cl2N2O2/c1-10-3-5-12(19)7-14(10)21-15-9-17(23)22(18(15)24)16-8-13(20)6-4-11(16)2/h3-9,21H,1-2H3. The highest BCUT2D eigenvalue weighted by atomic mass is 35.5. The van der Waals surface area contributed by atoms with Gasteiger partial charge in [0.2, 0.25) is 0 Å². The molecule has 4 nitrogen and oxygen atoms in total. The van der Waals surface area contributed by atoms with E-state index in [1.165, 1.54) is 6.08 Å². The van der Waals surface area contributed by atoms with Crippen molar-refractivity contribution in [3.05, 3.63) is 69.3 Å². The second-order valence-electron chi connectivity index (χ2n) is 5.55. The van der Waals surface area contributed by atoms with Crippen LogP contribution in [0.25, 0.3) is 0 Å². The van der Waals surface area contributed by atoms with E-state index in [-0.39, 0.29) is 5.70 Å². The molecule has 2 amide bonds. The first-order valence-electron chi connectivity index (χ1n) is 7.26. The third-order valence-electron chi connectivity index (χ3n) is 3.80. The van der Waals surface area contributed by atoms with Crippen LogP contribution in [0.4, 0.5) is 11.4 Å². The van der Waals surface area contributed by atoms with Gasteiger partial charge in [0.05, 0.1) is 5.69 Å². The van der Waals surface area contributed by atoms with Gasteiger partial charge in [-0.25, -0.2) is 4.90 Å². The fraction of sp³-hybridized carbons (Fsp3) is 0.111. The molecular weight excluding hydrogens is 347 g/mol. The number of imide groups is 1. The highest BCUT2D eigenvalue weighted by Gasteiger charge is 2.33. The van der Waals surface area contributed by atoms with Crippen molar-refractivity contribution in [3.63, 3.8) is 0 Å². The lowest BCUT2D eigenvalue weighted by atomic mass is 10.2. The summed E-state index contributed by atoms with van der Waals surface area (Å²) < 4.78 is 0. The molecule has 0 aromatic heterocycles. The predicted octanol–water partition coefficient (Wildman–Crippen LogP) is 4.48. The van der Waals surface area contributed by atoms with Gasteiger partial charge in [-0.05, 0) is 49.2 Å². The van der Waals surface area contributed by atoms with Crippen molar-refractivity contribution in [2.45, 2.75) is 13.8 Å². The third kappa shape index (κ3) is 3.03. The van der Waals surface area contributed by atoms with Crippen LogP contribution < -0.4 is 10.2 Å². The molecule has 2 aromatic carbocycles. The van der Waals surface area contributed by atoms with Gasteiger partial charge in [0.1, 0.15) is 5.70 Å². The maximum absolute atomic E-state index is 12.7. The number of aryl methyl sites for hydroxylation is 2. The van der Waals surface area contributed by atoms with Crippen molar-refractivity contribution < 1.29 is 9.59 Å². The van der Waals surface area contributed by atoms with Gasteiger partial charge >= 0.3 is 0 Å². The number of benzene rings is 2. The number of carbonyl (C=O) groups is 2.